The molecule has 1 saturated carbocycles. The molecule has 1 fully saturated rings. The van der Waals surface area contributed by atoms with Crippen molar-refractivity contribution in [2.45, 2.75) is 32.6 Å². The van der Waals surface area contributed by atoms with Crippen molar-refractivity contribution in [2.24, 2.45) is 11.3 Å². The number of hydrogen-bond donors (Lipinski definition) is 3. The highest BCUT2D eigenvalue weighted by Gasteiger charge is 2.41. The molecule has 1 heterocycles. The van der Waals surface area contributed by atoms with Gasteiger partial charge in [0.05, 0.1) is 4.92 Å². The molecule has 0 aliphatic heterocycles. The molecule has 1 aliphatic rings. The summed E-state index contributed by atoms with van der Waals surface area (Å²) in [5.74, 6) is 5.59. The third-order valence-electron chi connectivity index (χ3n) is 3.46. The molecule has 1 aromatic rings. The van der Waals surface area contributed by atoms with Gasteiger partial charge in [-0.05, 0) is 24.7 Å². The molecule has 0 saturated heterocycles. The molecule has 0 atom stereocenters. The lowest BCUT2D eigenvalue weighted by Gasteiger charge is -2.15. The second kappa shape index (κ2) is 5.35. The van der Waals surface area contributed by atoms with Gasteiger partial charge in [0, 0.05) is 6.54 Å². The van der Waals surface area contributed by atoms with Crippen LogP contribution in [0, 0.1) is 15.5 Å². The van der Waals surface area contributed by atoms with Crippen molar-refractivity contribution in [2.75, 3.05) is 17.3 Å². The van der Waals surface area contributed by atoms with Crippen LogP contribution in [0.5, 0.6) is 0 Å². The predicted molar refractivity (Wildman–Crippen MR) is 71.6 cm³/mol. The Labute approximate surface area is 110 Å². The van der Waals surface area contributed by atoms with E-state index in [1.54, 1.807) is 0 Å². The van der Waals surface area contributed by atoms with Crippen LogP contribution in [0.3, 0.4) is 0 Å². The van der Waals surface area contributed by atoms with Gasteiger partial charge in [0.25, 0.3) is 0 Å². The summed E-state index contributed by atoms with van der Waals surface area (Å²) in [6, 6.07) is 0. The summed E-state index contributed by atoms with van der Waals surface area (Å²) in [4.78, 5) is 18.2. The van der Waals surface area contributed by atoms with E-state index >= 15 is 0 Å². The maximum Gasteiger partial charge on any atom is 0.329 e. The lowest BCUT2D eigenvalue weighted by Crippen LogP contribution is -2.18. The third kappa shape index (κ3) is 3.08. The maximum atomic E-state index is 10.9. The fourth-order valence-electron chi connectivity index (χ4n) is 2.20. The highest BCUT2D eigenvalue weighted by molar-refractivity contribution is 5.57. The molecule has 8 heteroatoms. The molecule has 1 aromatic heterocycles. The molecule has 19 heavy (non-hydrogen) atoms. The first-order chi connectivity index (χ1) is 9.10. The molecule has 8 nitrogen and oxygen atoms in total. The number of rotatable bonds is 7. The summed E-state index contributed by atoms with van der Waals surface area (Å²) in [6.45, 7) is 2.84. The van der Waals surface area contributed by atoms with Crippen molar-refractivity contribution in [3.05, 3.63) is 16.3 Å². The van der Waals surface area contributed by atoms with Crippen molar-refractivity contribution in [1.82, 2.24) is 9.97 Å². The molecule has 104 valence electrons. The van der Waals surface area contributed by atoms with Crippen LogP contribution < -0.4 is 16.6 Å². The van der Waals surface area contributed by atoms with E-state index in [1.165, 1.54) is 0 Å². The van der Waals surface area contributed by atoms with Gasteiger partial charge in [-0.15, -0.1) is 0 Å². The van der Waals surface area contributed by atoms with Crippen molar-refractivity contribution in [3.63, 3.8) is 0 Å². The smallest absolute Gasteiger partial charge is 0.329 e. The summed E-state index contributed by atoms with van der Waals surface area (Å²) >= 11 is 0. The van der Waals surface area contributed by atoms with Crippen molar-refractivity contribution >= 4 is 17.5 Å². The van der Waals surface area contributed by atoms with E-state index in [2.05, 4.69) is 27.6 Å². The number of nitro groups is 1. The zero-order valence-electron chi connectivity index (χ0n) is 10.8. The fourth-order valence-corrected chi connectivity index (χ4v) is 2.20. The van der Waals surface area contributed by atoms with Crippen LogP contribution in [0.15, 0.2) is 6.20 Å². The first-order valence-electron chi connectivity index (χ1n) is 6.32. The highest BCUT2D eigenvalue weighted by atomic mass is 16.6. The molecule has 0 spiro atoms. The average molecular weight is 266 g/mol. The Balaban J connectivity index is 2.11. The molecule has 1 aliphatic carbocycles. The van der Waals surface area contributed by atoms with Crippen molar-refractivity contribution in [1.29, 1.82) is 0 Å². The monoisotopic (exact) mass is 266 g/mol. The Hall–Kier alpha value is -1.96. The van der Waals surface area contributed by atoms with E-state index in [4.69, 9.17) is 5.84 Å². The van der Waals surface area contributed by atoms with Gasteiger partial charge in [-0.1, -0.05) is 13.3 Å². The zero-order chi connectivity index (χ0) is 13.9. The number of anilines is 2. The maximum absolute atomic E-state index is 10.9. The standard InChI is InChI=1S/C11H18N6O2/c1-2-3-11(4-5-11)7-14-9-8(17(18)19)6-13-10(15-9)16-12/h6H,2-5,7,12H2,1H3,(H2,13,14,15,16). The first-order valence-corrected chi connectivity index (χ1v) is 6.32. The molecule has 0 aromatic carbocycles. The lowest BCUT2D eigenvalue weighted by atomic mass is 10.0. The number of aromatic nitrogens is 2. The minimum absolute atomic E-state index is 0.133. The van der Waals surface area contributed by atoms with Gasteiger partial charge in [-0.3, -0.25) is 15.5 Å². The van der Waals surface area contributed by atoms with Crippen LogP contribution in [0.2, 0.25) is 0 Å². The number of hydrazine groups is 1. The Morgan fingerprint density at radius 1 is 1.58 bits per heavy atom. The minimum Gasteiger partial charge on any atom is -0.364 e. The van der Waals surface area contributed by atoms with Crippen LogP contribution in [0.1, 0.15) is 32.6 Å². The fraction of sp³-hybridized carbons (Fsp3) is 0.636. The SMILES string of the molecule is CCCC1(CNc2nc(NN)ncc2[N+](=O)[O-])CC1. The third-order valence-corrected chi connectivity index (χ3v) is 3.46. The normalized spacial score (nSPS) is 15.9. The molecule has 0 amide bonds. The Morgan fingerprint density at radius 3 is 2.84 bits per heavy atom. The Morgan fingerprint density at radius 2 is 2.32 bits per heavy atom. The van der Waals surface area contributed by atoms with Crippen LogP contribution >= 0.6 is 0 Å². The van der Waals surface area contributed by atoms with Gasteiger partial charge < -0.3 is 5.32 Å². The zero-order valence-corrected chi connectivity index (χ0v) is 10.8. The summed E-state index contributed by atoms with van der Waals surface area (Å²) in [5, 5.41) is 14.0. The number of nitrogen functional groups attached to an aromatic ring is 1. The summed E-state index contributed by atoms with van der Waals surface area (Å²) < 4.78 is 0. The summed E-state index contributed by atoms with van der Waals surface area (Å²) in [7, 11) is 0. The molecular weight excluding hydrogens is 248 g/mol. The average Bonchev–Trinajstić information content (AvgIpc) is 3.16. The van der Waals surface area contributed by atoms with E-state index in [1.807, 2.05) is 0 Å². The lowest BCUT2D eigenvalue weighted by molar-refractivity contribution is -0.384. The van der Waals surface area contributed by atoms with Crippen molar-refractivity contribution in [3.8, 4) is 0 Å². The molecule has 4 N–H and O–H groups in total. The summed E-state index contributed by atoms with van der Waals surface area (Å²) in [5.41, 5.74) is 2.44. The van der Waals surface area contributed by atoms with Gasteiger partial charge in [-0.2, -0.15) is 4.98 Å². The molecule has 0 unspecified atom stereocenters. The molecular formula is C11H18N6O2. The van der Waals surface area contributed by atoms with E-state index < -0.39 is 4.92 Å². The number of nitrogens with zero attached hydrogens (tertiary/aromatic N) is 3. The minimum atomic E-state index is -0.498. The van der Waals surface area contributed by atoms with Gasteiger partial charge in [0.1, 0.15) is 6.20 Å². The van der Waals surface area contributed by atoms with Crippen LogP contribution in [-0.2, 0) is 0 Å². The van der Waals surface area contributed by atoms with Gasteiger partial charge >= 0.3 is 5.69 Å². The second-order valence-corrected chi connectivity index (χ2v) is 4.93. The Bertz CT molecular complexity index is 474. The summed E-state index contributed by atoms with van der Waals surface area (Å²) in [6.07, 6.45) is 5.72. The van der Waals surface area contributed by atoms with Crippen molar-refractivity contribution < 1.29 is 4.92 Å². The first kappa shape index (κ1) is 13.5. The van der Waals surface area contributed by atoms with Gasteiger partial charge in [0.2, 0.25) is 11.8 Å². The largest absolute Gasteiger partial charge is 0.364 e. The molecule has 0 radical (unpaired) electrons. The Kier molecular flexibility index (Phi) is 3.79. The molecule has 0 bridgehead atoms. The molecule has 2 rings (SSSR count). The van der Waals surface area contributed by atoms with Crippen LogP contribution in [-0.4, -0.2) is 21.4 Å². The van der Waals surface area contributed by atoms with E-state index in [-0.39, 0.29) is 22.9 Å². The van der Waals surface area contributed by atoms with E-state index in [0.29, 0.717) is 6.54 Å². The second-order valence-electron chi connectivity index (χ2n) is 4.93. The van der Waals surface area contributed by atoms with Gasteiger partial charge in [-0.25, -0.2) is 10.8 Å². The van der Waals surface area contributed by atoms with E-state index in [9.17, 15) is 10.1 Å². The highest BCUT2D eigenvalue weighted by Crippen LogP contribution is 2.49. The topological polar surface area (TPSA) is 119 Å². The van der Waals surface area contributed by atoms with Gasteiger partial charge in [0.15, 0.2) is 0 Å². The van der Waals surface area contributed by atoms with Crippen LogP contribution in [0.4, 0.5) is 17.5 Å². The predicted octanol–water partition coefficient (Wildman–Crippen LogP) is 1.66. The van der Waals surface area contributed by atoms with Crippen LogP contribution in [0.25, 0.3) is 0 Å². The number of hydrogen-bond acceptors (Lipinski definition) is 7. The quantitative estimate of drug-likeness (QED) is 0.390. The number of nitrogens with one attached hydrogen (secondary N) is 2. The van der Waals surface area contributed by atoms with E-state index in [0.717, 1.165) is 31.9 Å². The number of nitrogens with two attached hydrogens (primary N) is 1.